The van der Waals surface area contributed by atoms with E-state index in [2.05, 4.69) is 4.98 Å². The molecule has 3 heteroatoms. The van der Waals surface area contributed by atoms with E-state index in [1.807, 2.05) is 20.8 Å². The number of rotatable bonds is 3. The van der Waals surface area contributed by atoms with E-state index < -0.39 is 0 Å². The van der Waals surface area contributed by atoms with Crippen LogP contribution in [0.2, 0.25) is 0 Å². The number of aromatic nitrogens is 1. The second-order valence-corrected chi connectivity index (χ2v) is 2.35. The van der Waals surface area contributed by atoms with Gasteiger partial charge < -0.3 is 9.47 Å². The molecule has 0 fully saturated rings. The molecule has 0 radical (unpaired) electrons. The Kier molecular flexibility index (Phi) is 6.54. The van der Waals surface area contributed by atoms with Crippen molar-refractivity contribution in [3.63, 3.8) is 0 Å². The second kappa shape index (κ2) is 7.18. The normalized spacial score (nSPS) is 8.64. The highest BCUT2D eigenvalue weighted by Crippen LogP contribution is 2.28. The van der Waals surface area contributed by atoms with E-state index in [1.54, 1.807) is 26.5 Å². The van der Waals surface area contributed by atoms with Gasteiger partial charge in [-0.1, -0.05) is 20.8 Å². The zero-order valence-electron chi connectivity index (χ0n) is 9.63. The van der Waals surface area contributed by atoms with Crippen LogP contribution in [0.15, 0.2) is 12.3 Å². The zero-order chi connectivity index (χ0) is 11.0. The lowest BCUT2D eigenvalue weighted by atomic mass is 10.2. The fourth-order valence-electron chi connectivity index (χ4n) is 1.10. The predicted octanol–water partition coefficient (Wildman–Crippen LogP) is 2.69. The first-order valence-corrected chi connectivity index (χ1v) is 4.89. The molecule has 3 nitrogen and oxygen atoms in total. The molecule has 0 spiro atoms. The summed E-state index contributed by atoms with van der Waals surface area (Å²) < 4.78 is 10.3. The van der Waals surface area contributed by atoms with Crippen molar-refractivity contribution >= 4 is 0 Å². The smallest absolute Gasteiger partial charge is 0.182 e. The average molecular weight is 197 g/mol. The minimum absolute atomic E-state index is 0.738. The monoisotopic (exact) mass is 197 g/mol. The maximum Gasteiger partial charge on any atom is 0.182 e. The molecule has 1 aromatic rings. The van der Waals surface area contributed by atoms with Crippen LogP contribution in [0.25, 0.3) is 0 Å². The molecular weight excluding hydrogens is 178 g/mol. The summed E-state index contributed by atoms with van der Waals surface area (Å²) in [7, 11) is 3.25. The van der Waals surface area contributed by atoms with Crippen LogP contribution in [0.4, 0.5) is 0 Å². The molecule has 0 amide bonds. The topological polar surface area (TPSA) is 31.4 Å². The SMILES string of the molecule is CC.CCc1nccc(OC)c1OC. The van der Waals surface area contributed by atoms with E-state index in [-0.39, 0.29) is 0 Å². The van der Waals surface area contributed by atoms with Crippen molar-refractivity contribution in [2.75, 3.05) is 14.2 Å². The number of nitrogens with zero attached hydrogens (tertiary/aromatic N) is 1. The van der Waals surface area contributed by atoms with Gasteiger partial charge in [-0.05, 0) is 6.42 Å². The van der Waals surface area contributed by atoms with Gasteiger partial charge in [-0.2, -0.15) is 0 Å². The Morgan fingerprint density at radius 2 is 1.86 bits per heavy atom. The zero-order valence-corrected chi connectivity index (χ0v) is 9.63. The van der Waals surface area contributed by atoms with Gasteiger partial charge in [0, 0.05) is 12.3 Å². The summed E-state index contributed by atoms with van der Waals surface area (Å²) in [5.74, 6) is 1.48. The molecule has 0 N–H and O–H groups in total. The maximum absolute atomic E-state index is 5.17. The highest BCUT2D eigenvalue weighted by molar-refractivity contribution is 5.42. The van der Waals surface area contributed by atoms with Crippen LogP contribution in [-0.2, 0) is 6.42 Å². The Labute approximate surface area is 86.1 Å². The Hall–Kier alpha value is -1.25. The molecule has 0 aliphatic rings. The van der Waals surface area contributed by atoms with E-state index in [0.717, 1.165) is 23.6 Å². The van der Waals surface area contributed by atoms with Crippen molar-refractivity contribution in [2.45, 2.75) is 27.2 Å². The molecule has 14 heavy (non-hydrogen) atoms. The van der Waals surface area contributed by atoms with Crippen LogP contribution in [0.5, 0.6) is 11.5 Å². The number of hydrogen-bond acceptors (Lipinski definition) is 3. The van der Waals surface area contributed by atoms with Gasteiger partial charge in [0.15, 0.2) is 11.5 Å². The molecule has 0 unspecified atom stereocenters. The third-order valence-electron chi connectivity index (χ3n) is 1.70. The number of ether oxygens (including phenoxy) is 2. The van der Waals surface area contributed by atoms with E-state index in [0.29, 0.717) is 0 Å². The van der Waals surface area contributed by atoms with Crippen molar-refractivity contribution in [3.05, 3.63) is 18.0 Å². The van der Waals surface area contributed by atoms with Crippen molar-refractivity contribution in [2.24, 2.45) is 0 Å². The Balaban J connectivity index is 0.000000791. The fourth-order valence-corrected chi connectivity index (χ4v) is 1.10. The van der Waals surface area contributed by atoms with Gasteiger partial charge >= 0.3 is 0 Å². The maximum atomic E-state index is 5.17. The number of aryl methyl sites for hydroxylation is 1. The first kappa shape index (κ1) is 12.8. The van der Waals surface area contributed by atoms with Crippen molar-refractivity contribution in [3.8, 4) is 11.5 Å². The van der Waals surface area contributed by atoms with Crippen molar-refractivity contribution in [1.29, 1.82) is 0 Å². The molecule has 1 rings (SSSR count). The Bertz CT molecular complexity index is 239. The molecule has 0 aliphatic heterocycles. The highest BCUT2D eigenvalue weighted by atomic mass is 16.5. The molecule has 0 aliphatic carbocycles. The number of pyridine rings is 1. The van der Waals surface area contributed by atoms with Gasteiger partial charge in [-0.15, -0.1) is 0 Å². The largest absolute Gasteiger partial charge is 0.493 e. The van der Waals surface area contributed by atoms with Crippen LogP contribution in [0.1, 0.15) is 26.5 Å². The minimum Gasteiger partial charge on any atom is -0.493 e. The van der Waals surface area contributed by atoms with E-state index >= 15 is 0 Å². The highest BCUT2D eigenvalue weighted by Gasteiger charge is 2.07. The predicted molar refractivity (Wildman–Crippen MR) is 58.1 cm³/mol. The lowest BCUT2D eigenvalue weighted by Crippen LogP contribution is -1.97. The lowest BCUT2D eigenvalue weighted by Gasteiger charge is -2.09. The summed E-state index contributed by atoms with van der Waals surface area (Å²) in [5, 5.41) is 0. The third kappa shape index (κ3) is 2.91. The summed E-state index contributed by atoms with van der Waals surface area (Å²) in [5.41, 5.74) is 0.928. The standard InChI is InChI=1S/C9H13NO2.C2H6/c1-4-7-9(12-3)8(11-2)5-6-10-7;1-2/h5-6H,4H2,1-3H3;1-2H3. The molecule has 0 aromatic carbocycles. The first-order chi connectivity index (χ1) is 6.83. The molecule has 0 saturated heterocycles. The summed E-state index contributed by atoms with van der Waals surface area (Å²) in [6.07, 6.45) is 2.57. The second-order valence-electron chi connectivity index (χ2n) is 2.35. The fraction of sp³-hybridized carbons (Fsp3) is 0.545. The van der Waals surface area contributed by atoms with Crippen LogP contribution in [-0.4, -0.2) is 19.2 Å². The van der Waals surface area contributed by atoms with E-state index in [1.165, 1.54) is 0 Å². The van der Waals surface area contributed by atoms with E-state index in [4.69, 9.17) is 9.47 Å². The molecule has 0 atom stereocenters. The molecule has 1 heterocycles. The molecular formula is C11H19NO2. The third-order valence-corrected chi connectivity index (χ3v) is 1.70. The summed E-state index contributed by atoms with van der Waals surface area (Å²) in [6, 6.07) is 1.79. The molecule has 0 bridgehead atoms. The average Bonchev–Trinajstić information content (AvgIpc) is 2.30. The number of methoxy groups -OCH3 is 2. The van der Waals surface area contributed by atoms with Gasteiger partial charge in [0.1, 0.15) is 0 Å². The quantitative estimate of drug-likeness (QED) is 0.746. The van der Waals surface area contributed by atoms with Crippen LogP contribution >= 0.6 is 0 Å². The Morgan fingerprint density at radius 1 is 1.21 bits per heavy atom. The lowest BCUT2D eigenvalue weighted by molar-refractivity contribution is 0.349. The number of hydrogen-bond donors (Lipinski definition) is 0. The Morgan fingerprint density at radius 3 is 2.29 bits per heavy atom. The summed E-state index contributed by atoms with van der Waals surface area (Å²) in [4.78, 5) is 4.17. The van der Waals surface area contributed by atoms with Gasteiger partial charge in [-0.25, -0.2) is 0 Å². The van der Waals surface area contributed by atoms with Gasteiger partial charge in [-0.3, -0.25) is 4.98 Å². The van der Waals surface area contributed by atoms with Gasteiger partial charge in [0.25, 0.3) is 0 Å². The van der Waals surface area contributed by atoms with E-state index in [9.17, 15) is 0 Å². The molecule has 80 valence electrons. The summed E-state index contributed by atoms with van der Waals surface area (Å²) in [6.45, 7) is 6.03. The molecule has 1 aromatic heterocycles. The summed E-state index contributed by atoms with van der Waals surface area (Å²) >= 11 is 0. The molecule has 0 saturated carbocycles. The first-order valence-electron chi connectivity index (χ1n) is 4.89. The minimum atomic E-state index is 0.738. The van der Waals surface area contributed by atoms with Gasteiger partial charge in [0.05, 0.1) is 19.9 Å². The van der Waals surface area contributed by atoms with Gasteiger partial charge in [0.2, 0.25) is 0 Å². The van der Waals surface area contributed by atoms with Crippen LogP contribution in [0, 0.1) is 0 Å². The van der Waals surface area contributed by atoms with Crippen molar-refractivity contribution in [1.82, 2.24) is 4.98 Å². The van der Waals surface area contributed by atoms with Crippen LogP contribution < -0.4 is 9.47 Å². The van der Waals surface area contributed by atoms with Crippen molar-refractivity contribution < 1.29 is 9.47 Å². The van der Waals surface area contributed by atoms with Crippen LogP contribution in [0.3, 0.4) is 0 Å².